The van der Waals surface area contributed by atoms with Gasteiger partial charge in [-0.05, 0) is 68.0 Å². The predicted molar refractivity (Wildman–Crippen MR) is 123 cm³/mol. The topological polar surface area (TPSA) is 160 Å². The molecule has 1 aromatic carbocycles. The Morgan fingerprint density at radius 1 is 1.16 bits per heavy atom. The Hall–Kier alpha value is -3.11. The summed E-state index contributed by atoms with van der Waals surface area (Å²) < 4.78 is 11.1. The molecule has 32 heavy (non-hydrogen) atoms. The molecule has 3 rings (SSSR count). The number of anilines is 1. The summed E-state index contributed by atoms with van der Waals surface area (Å²) in [5.41, 5.74) is 18.3. The average molecular weight is 461 g/mol. The molecule has 1 saturated carbocycles. The number of nitrogens with two attached hydrogens (primary N) is 3. The number of thiophene rings is 1. The number of carbonyl (C=O) groups is 3. The van der Waals surface area contributed by atoms with Crippen molar-refractivity contribution in [1.82, 2.24) is 0 Å². The fraction of sp³-hybridized carbons (Fsp3) is 0.409. The lowest BCUT2D eigenvalue weighted by atomic mass is 10.1. The minimum absolute atomic E-state index is 0.00325. The van der Waals surface area contributed by atoms with E-state index in [2.05, 4.69) is 5.32 Å². The normalized spacial score (nSPS) is 14.7. The van der Waals surface area contributed by atoms with Crippen LogP contribution in [0, 0.1) is 6.92 Å². The van der Waals surface area contributed by atoms with E-state index in [1.54, 1.807) is 19.1 Å². The highest BCUT2D eigenvalue weighted by atomic mass is 32.1. The number of esters is 1. The third-order valence-electron chi connectivity index (χ3n) is 5.33. The standard InChI is InChI=1S/C22H28N4O5S/c1-12-17(19(24)27)20(26-22(25)29)32-18(12)13-6-8-14(9-7-13)30-11-10-16(23)21(28)31-15-4-2-3-5-15/h6-9,15-16H,2-5,10-11,23H2,1H3,(H2,24,27)(H3,25,26,29)/t16-/m1/s1. The van der Waals surface area contributed by atoms with Crippen LogP contribution in [0.1, 0.15) is 48.0 Å². The van der Waals surface area contributed by atoms with E-state index < -0.39 is 18.0 Å². The highest BCUT2D eigenvalue weighted by Gasteiger charge is 2.23. The summed E-state index contributed by atoms with van der Waals surface area (Å²) in [5.74, 6) is -0.406. The molecule has 10 heteroatoms. The molecule has 1 aliphatic carbocycles. The minimum Gasteiger partial charge on any atom is -0.494 e. The Bertz CT molecular complexity index is 983. The average Bonchev–Trinajstić information content (AvgIpc) is 3.35. The second kappa shape index (κ2) is 10.5. The van der Waals surface area contributed by atoms with Crippen LogP contribution >= 0.6 is 11.3 Å². The Kier molecular flexibility index (Phi) is 7.70. The van der Waals surface area contributed by atoms with E-state index in [-0.39, 0.29) is 24.2 Å². The number of ether oxygens (including phenoxy) is 2. The van der Waals surface area contributed by atoms with Gasteiger partial charge in [-0.1, -0.05) is 0 Å². The molecule has 0 saturated heterocycles. The summed E-state index contributed by atoms with van der Waals surface area (Å²) in [5, 5.41) is 2.77. The van der Waals surface area contributed by atoms with Crippen LogP contribution < -0.4 is 27.3 Å². The van der Waals surface area contributed by atoms with Gasteiger partial charge < -0.3 is 26.7 Å². The van der Waals surface area contributed by atoms with Crippen LogP contribution in [0.3, 0.4) is 0 Å². The van der Waals surface area contributed by atoms with Crippen molar-refractivity contribution in [2.45, 2.75) is 51.2 Å². The predicted octanol–water partition coefficient (Wildman–Crippen LogP) is 2.90. The van der Waals surface area contributed by atoms with Gasteiger partial charge in [-0.25, -0.2) is 4.79 Å². The lowest BCUT2D eigenvalue weighted by molar-refractivity contribution is -0.150. The molecule has 1 heterocycles. The molecule has 3 amide bonds. The Balaban J connectivity index is 1.58. The maximum absolute atomic E-state index is 12.1. The first kappa shape index (κ1) is 23.6. The second-order valence-electron chi connectivity index (χ2n) is 7.73. The van der Waals surface area contributed by atoms with Crippen LogP contribution in [0.25, 0.3) is 10.4 Å². The molecule has 0 bridgehead atoms. The first-order chi connectivity index (χ1) is 15.3. The molecule has 9 nitrogen and oxygen atoms in total. The van der Waals surface area contributed by atoms with Crippen LogP contribution in [0.4, 0.5) is 9.80 Å². The second-order valence-corrected chi connectivity index (χ2v) is 8.75. The highest BCUT2D eigenvalue weighted by Crippen LogP contribution is 2.40. The Morgan fingerprint density at radius 2 is 1.81 bits per heavy atom. The molecule has 1 aromatic heterocycles. The Labute approximate surface area is 190 Å². The number of urea groups is 1. The van der Waals surface area contributed by atoms with Gasteiger partial charge in [-0.2, -0.15) is 0 Å². The van der Waals surface area contributed by atoms with Crippen LogP contribution in [0.15, 0.2) is 24.3 Å². The van der Waals surface area contributed by atoms with E-state index >= 15 is 0 Å². The van der Waals surface area contributed by atoms with Gasteiger partial charge in [0.1, 0.15) is 22.9 Å². The Morgan fingerprint density at radius 3 is 2.41 bits per heavy atom. The van der Waals surface area contributed by atoms with Crippen molar-refractivity contribution in [3.05, 3.63) is 35.4 Å². The van der Waals surface area contributed by atoms with Gasteiger partial charge >= 0.3 is 12.0 Å². The first-order valence-electron chi connectivity index (χ1n) is 10.4. The van der Waals surface area contributed by atoms with Gasteiger partial charge in [-0.15, -0.1) is 11.3 Å². The number of amides is 3. The van der Waals surface area contributed by atoms with E-state index in [4.69, 9.17) is 26.7 Å². The van der Waals surface area contributed by atoms with Crippen molar-refractivity contribution in [2.75, 3.05) is 11.9 Å². The molecule has 1 atom stereocenters. The van der Waals surface area contributed by atoms with E-state index in [0.717, 1.165) is 36.1 Å². The number of hydrogen-bond acceptors (Lipinski definition) is 7. The van der Waals surface area contributed by atoms with E-state index in [1.165, 1.54) is 11.3 Å². The number of rotatable bonds is 9. The molecule has 172 valence electrons. The first-order valence-corrected chi connectivity index (χ1v) is 11.3. The number of nitrogens with one attached hydrogen (secondary N) is 1. The third-order valence-corrected chi connectivity index (χ3v) is 6.59. The van der Waals surface area contributed by atoms with Gasteiger partial charge in [0.15, 0.2) is 0 Å². The quantitative estimate of drug-likeness (QED) is 0.421. The van der Waals surface area contributed by atoms with Crippen molar-refractivity contribution in [2.24, 2.45) is 17.2 Å². The number of carbonyl (C=O) groups excluding carboxylic acids is 3. The molecular formula is C22H28N4O5S. The van der Waals surface area contributed by atoms with Crippen molar-refractivity contribution in [3.8, 4) is 16.2 Å². The van der Waals surface area contributed by atoms with E-state index in [9.17, 15) is 14.4 Å². The maximum atomic E-state index is 12.1. The van der Waals surface area contributed by atoms with E-state index in [1.807, 2.05) is 12.1 Å². The fourth-order valence-electron chi connectivity index (χ4n) is 3.67. The molecule has 7 N–H and O–H groups in total. The maximum Gasteiger partial charge on any atom is 0.323 e. The summed E-state index contributed by atoms with van der Waals surface area (Å²) in [4.78, 5) is 35.9. The molecule has 0 unspecified atom stereocenters. The number of benzene rings is 1. The van der Waals surface area contributed by atoms with Crippen molar-refractivity contribution in [1.29, 1.82) is 0 Å². The van der Waals surface area contributed by atoms with Crippen molar-refractivity contribution < 1.29 is 23.9 Å². The minimum atomic E-state index is -0.769. The molecule has 2 aromatic rings. The molecular weight excluding hydrogens is 432 g/mol. The van der Waals surface area contributed by atoms with E-state index in [0.29, 0.717) is 22.7 Å². The summed E-state index contributed by atoms with van der Waals surface area (Å²) in [6.07, 6.45) is 4.34. The largest absolute Gasteiger partial charge is 0.494 e. The molecule has 0 spiro atoms. The van der Waals surface area contributed by atoms with Crippen molar-refractivity contribution in [3.63, 3.8) is 0 Å². The third kappa shape index (κ3) is 5.77. The zero-order valence-electron chi connectivity index (χ0n) is 17.9. The summed E-state index contributed by atoms with van der Waals surface area (Å²) in [6.45, 7) is 2.03. The molecule has 1 aliphatic rings. The van der Waals surface area contributed by atoms with Gasteiger partial charge in [0.25, 0.3) is 5.91 Å². The van der Waals surface area contributed by atoms with Crippen LogP contribution in [0.2, 0.25) is 0 Å². The van der Waals surface area contributed by atoms with Gasteiger partial charge in [0, 0.05) is 11.3 Å². The lowest BCUT2D eigenvalue weighted by Gasteiger charge is -2.16. The number of primary amides is 2. The monoisotopic (exact) mass is 460 g/mol. The van der Waals surface area contributed by atoms with Gasteiger partial charge in [-0.3, -0.25) is 14.9 Å². The SMILES string of the molecule is Cc1c(-c2ccc(OCC[C@@H](N)C(=O)OC3CCCC3)cc2)sc(NC(N)=O)c1C(N)=O. The number of hydrogen-bond donors (Lipinski definition) is 4. The lowest BCUT2D eigenvalue weighted by Crippen LogP contribution is -2.35. The zero-order chi connectivity index (χ0) is 23.3. The van der Waals surface area contributed by atoms with Crippen LogP contribution in [-0.2, 0) is 9.53 Å². The van der Waals surface area contributed by atoms with Gasteiger partial charge in [0.2, 0.25) is 0 Å². The highest BCUT2D eigenvalue weighted by molar-refractivity contribution is 7.20. The van der Waals surface area contributed by atoms with Crippen molar-refractivity contribution >= 4 is 34.2 Å². The zero-order valence-corrected chi connectivity index (χ0v) is 18.7. The van der Waals surface area contributed by atoms with Crippen LogP contribution in [0.5, 0.6) is 5.75 Å². The smallest absolute Gasteiger partial charge is 0.323 e. The van der Waals surface area contributed by atoms with Crippen LogP contribution in [-0.4, -0.2) is 36.7 Å². The summed E-state index contributed by atoms with van der Waals surface area (Å²) in [7, 11) is 0. The fourth-order valence-corrected chi connectivity index (χ4v) is 4.89. The molecule has 1 fully saturated rings. The molecule has 0 aliphatic heterocycles. The summed E-state index contributed by atoms with van der Waals surface area (Å²) in [6, 6.07) is 5.74. The molecule has 0 radical (unpaired) electrons. The van der Waals surface area contributed by atoms with Gasteiger partial charge in [0.05, 0.1) is 12.2 Å². The summed E-state index contributed by atoms with van der Waals surface area (Å²) >= 11 is 1.22.